The quantitative estimate of drug-likeness (QED) is 0.750. The minimum absolute atomic E-state index is 0.0194. The molecule has 1 aliphatic carbocycles. The molecular formula is C14H27NO2. The maximum absolute atomic E-state index is 12.0. The van der Waals surface area contributed by atoms with Crippen LogP contribution in [0.25, 0.3) is 0 Å². The van der Waals surface area contributed by atoms with Gasteiger partial charge in [0, 0.05) is 12.0 Å². The first-order valence-electron chi connectivity index (χ1n) is 7.08. The fraction of sp³-hybridized carbons (Fsp3) is 0.929. The van der Waals surface area contributed by atoms with Crippen molar-refractivity contribution < 1.29 is 9.90 Å². The lowest BCUT2D eigenvalue weighted by Gasteiger charge is -2.26. The van der Waals surface area contributed by atoms with Crippen LogP contribution in [0.1, 0.15) is 58.8 Å². The Morgan fingerprint density at radius 1 is 1.35 bits per heavy atom. The van der Waals surface area contributed by atoms with Crippen LogP contribution in [-0.4, -0.2) is 23.7 Å². The van der Waals surface area contributed by atoms with Gasteiger partial charge in [-0.15, -0.1) is 0 Å². The Labute approximate surface area is 105 Å². The second kappa shape index (κ2) is 7.70. The molecule has 0 heterocycles. The Bertz CT molecular complexity index is 224. The third-order valence-electron chi connectivity index (χ3n) is 3.87. The van der Waals surface area contributed by atoms with Gasteiger partial charge in [0.15, 0.2) is 0 Å². The minimum Gasteiger partial charge on any atom is -0.394 e. The maximum atomic E-state index is 12.0. The zero-order chi connectivity index (χ0) is 12.7. The summed E-state index contributed by atoms with van der Waals surface area (Å²) in [7, 11) is 0. The summed E-state index contributed by atoms with van der Waals surface area (Å²) < 4.78 is 0. The normalized spacial score (nSPS) is 20.9. The number of carbonyl (C=O) groups is 1. The van der Waals surface area contributed by atoms with E-state index in [9.17, 15) is 4.79 Å². The number of hydrogen-bond acceptors (Lipinski definition) is 2. The summed E-state index contributed by atoms with van der Waals surface area (Å²) in [5.41, 5.74) is 0. The van der Waals surface area contributed by atoms with Gasteiger partial charge in [-0.1, -0.05) is 39.0 Å². The van der Waals surface area contributed by atoms with Gasteiger partial charge in [-0.25, -0.2) is 0 Å². The van der Waals surface area contributed by atoms with Crippen molar-refractivity contribution in [2.45, 2.75) is 64.8 Å². The van der Waals surface area contributed by atoms with Crippen LogP contribution in [0.5, 0.6) is 0 Å². The van der Waals surface area contributed by atoms with Gasteiger partial charge >= 0.3 is 0 Å². The third-order valence-corrected chi connectivity index (χ3v) is 3.87. The number of aliphatic hydroxyl groups is 1. The van der Waals surface area contributed by atoms with Gasteiger partial charge < -0.3 is 10.4 Å². The largest absolute Gasteiger partial charge is 0.394 e. The van der Waals surface area contributed by atoms with E-state index in [0.29, 0.717) is 0 Å². The second-order valence-electron chi connectivity index (χ2n) is 5.44. The molecule has 0 radical (unpaired) electrons. The molecule has 3 nitrogen and oxygen atoms in total. The van der Waals surface area contributed by atoms with Gasteiger partial charge in [0.2, 0.25) is 5.91 Å². The number of nitrogens with one attached hydrogen (secondary N) is 1. The van der Waals surface area contributed by atoms with Gasteiger partial charge in [-0.3, -0.25) is 4.79 Å². The summed E-state index contributed by atoms with van der Waals surface area (Å²) in [6.45, 7) is 3.94. The molecule has 0 aromatic carbocycles. The second-order valence-corrected chi connectivity index (χ2v) is 5.44. The van der Waals surface area contributed by atoms with Crippen LogP contribution in [0.4, 0.5) is 0 Å². The lowest BCUT2D eigenvalue weighted by molar-refractivity contribution is -0.126. The summed E-state index contributed by atoms with van der Waals surface area (Å²) in [6.07, 6.45) is 8.53. The molecule has 0 aromatic rings. The number of aliphatic hydroxyl groups excluding tert-OH is 1. The van der Waals surface area contributed by atoms with E-state index in [-0.39, 0.29) is 24.5 Å². The highest BCUT2D eigenvalue weighted by molar-refractivity contribution is 5.78. The summed E-state index contributed by atoms with van der Waals surface area (Å²) in [6, 6.07) is -0.122. The highest BCUT2D eigenvalue weighted by atomic mass is 16.3. The molecule has 2 N–H and O–H groups in total. The first-order chi connectivity index (χ1) is 8.17. The van der Waals surface area contributed by atoms with E-state index in [1.807, 2.05) is 6.92 Å². The number of amides is 1. The molecule has 0 spiro atoms. The Kier molecular flexibility index (Phi) is 6.56. The molecule has 2 unspecified atom stereocenters. The van der Waals surface area contributed by atoms with Crippen LogP contribution < -0.4 is 5.32 Å². The Morgan fingerprint density at radius 2 is 2.00 bits per heavy atom. The van der Waals surface area contributed by atoms with Crippen molar-refractivity contribution in [2.75, 3.05) is 6.61 Å². The van der Waals surface area contributed by atoms with E-state index < -0.39 is 0 Å². The molecule has 0 aliphatic heterocycles. The molecule has 1 amide bonds. The van der Waals surface area contributed by atoms with Crippen LogP contribution in [-0.2, 0) is 4.79 Å². The van der Waals surface area contributed by atoms with E-state index in [2.05, 4.69) is 12.2 Å². The van der Waals surface area contributed by atoms with Crippen molar-refractivity contribution in [3.8, 4) is 0 Å². The average Bonchev–Trinajstić information content (AvgIpc) is 2.36. The molecule has 100 valence electrons. The molecule has 0 bridgehead atoms. The summed E-state index contributed by atoms with van der Waals surface area (Å²) in [4.78, 5) is 12.0. The number of hydrogen-bond donors (Lipinski definition) is 2. The van der Waals surface area contributed by atoms with E-state index in [4.69, 9.17) is 5.11 Å². The molecule has 0 saturated heterocycles. The van der Waals surface area contributed by atoms with Crippen LogP contribution in [0, 0.1) is 11.8 Å². The smallest absolute Gasteiger partial charge is 0.223 e. The minimum atomic E-state index is -0.122. The van der Waals surface area contributed by atoms with E-state index >= 15 is 0 Å². The van der Waals surface area contributed by atoms with Crippen LogP contribution >= 0.6 is 0 Å². The predicted molar refractivity (Wildman–Crippen MR) is 69.7 cm³/mol. The predicted octanol–water partition coefficient (Wildman–Crippen LogP) is 2.48. The highest BCUT2D eigenvalue weighted by Crippen LogP contribution is 2.30. The van der Waals surface area contributed by atoms with Gasteiger partial charge in [-0.2, -0.15) is 0 Å². The van der Waals surface area contributed by atoms with Crippen molar-refractivity contribution in [1.29, 1.82) is 0 Å². The summed E-state index contributed by atoms with van der Waals surface area (Å²) >= 11 is 0. The molecule has 1 aliphatic rings. The molecule has 17 heavy (non-hydrogen) atoms. The third kappa shape index (κ3) is 5.07. The molecule has 3 heteroatoms. The van der Waals surface area contributed by atoms with Gasteiger partial charge in [-0.05, 0) is 25.7 Å². The van der Waals surface area contributed by atoms with Crippen molar-refractivity contribution in [3.05, 3.63) is 0 Å². The van der Waals surface area contributed by atoms with Crippen molar-refractivity contribution in [2.24, 2.45) is 11.8 Å². The Morgan fingerprint density at radius 3 is 2.53 bits per heavy atom. The number of carbonyl (C=O) groups excluding carboxylic acids is 1. The van der Waals surface area contributed by atoms with Gasteiger partial charge in [0.25, 0.3) is 0 Å². The van der Waals surface area contributed by atoms with Gasteiger partial charge in [0.1, 0.15) is 0 Å². The van der Waals surface area contributed by atoms with E-state index in [1.165, 1.54) is 32.1 Å². The topological polar surface area (TPSA) is 49.3 Å². The van der Waals surface area contributed by atoms with Crippen LogP contribution in [0.15, 0.2) is 0 Å². The van der Waals surface area contributed by atoms with E-state index in [0.717, 1.165) is 18.8 Å². The first kappa shape index (κ1) is 14.5. The maximum Gasteiger partial charge on any atom is 0.223 e. The highest BCUT2D eigenvalue weighted by Gasteiger charge is 2.23. The lowest BCUT2D eigenvalue weighted by atomic mass is 9.81. The van der Waals surface area contributed by atoms with Crippen molar-refractivity contribution in [3.63, 3.8) is 0 Å². The molecule has 0 aromatic heterocycles. The average molecular weight is 241 g/mol. The summed E-state index contributed by atoms with van der Waals surface area (Å²) in [5.74, 6) is 0.996. The Hall–Kier alpha value is -0.570. The molecule has 2 atom stereocenters. The zero-order valence-corrected chi connectivity index (χ0v) is 11.2. The standard InChI is InChI=1S/C14H27NO2/c1-3-13(14(17)15-11(2)10-16)9-12-7-5-4-6-8-12/h11-13,16H,3-10H2,1-2H3,(H,15,17). The van der Waals surface area contributed by atoms with Gasteiger partial charge in [0.05, 0.1) is 6.61 Å². The molecular weight excluding hydrogens is 214 g/mol. The van der Waals surface area contributed by atoms with Crippen molar-refractivity contribution >= 4 is 5.91 Å². The van der Waals surface area contributed by atoms with Crippen LogP contribution in [0.2, 0.25) is 0 Å². The Balaban J connectivity index is 2.37. The summed E-state index contributed by atoms with van der Waals surface area (Å²) in [5, 5.41) is 11.8. The van der Waals surface area contributed by atoms with Crippen LogP contribution in [0.3, 0.4) is 0 Å². The fourth-order valence-electron chi connectivity index (χ4n) is 2.69. The fourth-order valence-corrected chi connectivity index (χ4v) is 2.69. The zero-order valence-electron chi connectivity index (χ0n) is 11.2. The van der Waals surface area contributed by atoms with Crippen molar-refractivity contribution in [1.82, 2.24) is 5.32 Å². The molecule has 1 rings (SSSR count). The van der Waals surface area contributed by atoms with E-state index in [1.54, 1.807) is 0 Å². The number of rotatable bonds is 6. The first-order valence-corrected chi connectivity index (χ1v) is 7.08. The molecule has 1 fully saturated rings. The lowest BCUT2D eigenvalue weighted by Crippen LogP contribution is -2.39. The monoisotopic (exact) mass is 241 g/mol. The SMILES string of the molecule is CCC(CC1CCCCC1)C(=O)NC(C)CO. The molecule has 1 saturated carbocycles.